The van der Waals surface area contributed by atoms with Crippen LogP contribution in [0.25, 0.3) is 0 Å². The van der Waals surface area contributed by atoms with Gasteiger partial charge in [0.25, 0.3) is 5.91 Å². The normalized spacial score (nSPS) is 22.8. The molecule has 5 heteroatoms. The SMILES string of the molecule is CCc1cc(C(=O)N2CCC3(CC2)CC3C(=O)O)oc1CC. The molecule has 0 aromatic carbocycles. The summed E-state index contributed by atoms with van der Waals surface area (Å²) in [6, 6.07) is 1.86. The Kier molecular flexibility index (Phi) is 3.75. The molecule has 1 saturated carbocycles. The number of rotatable bonds is 4. The molecule has 1 aromatic rings. The van der Waals surface area contributed by atoms with E-state index >= 15 is 0 Å². The molecule has 1 N–H and O–H groups in total. The first-order valence-electron chi connectivity index (χ1n) is 8.14. The van der Waals surface area contributed by atoms with Crippen LogP contribution in [0.15, 0.2) is 10.5 Å². The van der Waals surface area contributed by atoms with Crippen LogP contribution in [0, 0.1) is 11.3 Å². The zero-order valence-corrected chi connectivity index (χ0v) is 13.2. The third kappa shape index (κ3) is 2.42. The van der Waals surface area contributed by atoms with Gasteiger partial charge in [-0.1, -0.05) is 13.8 Å². The maximum Gasteiger partial charge on any atom is 0.307 e. The predicted molar refractivity (Wildman–Crippen MR) is 80.8 cm³/mol. The number of hydrogen-bond donors (Lipinski definition) is 1. The maximum absolute atomic E-state index is 12.6. The van der Waals surface area contributed by atoms with E-state index in [1.54, 1.807) is 4.90 Å². The molecular formula is C17H23NO4. The second-order valence-corrected chi connectivity index (χ2v) is 6.52. The Morgan fingerprint density at radius 3 is 2.45 bits per heavy atom. The van der Waals surface area contributed by atoms with E-state index in [-0.39, 0.29) is 17.2 Å². The summed E-state index contributed by atoms with van der Waals surface area (Å²) in [5.41, 5.74) is 1.06. The number of carboxylic acid groups (broad SMARTS) is 1. The molecule has 1 aliphatic carbocycles. The summed E-state index contributed by atoms with van der Waals surface area (Å²) in [5, 5.41) is 9.12. The van der Waals surface area contributed by atoms with E-state index in [4.69, 9.17) is 9.52 Å². The number of amides is 1. The van der Waals surface area contributed by atoms with Crippen LogP contribution in [0.2, 0.25) is 0 Å². The lowest BCUT2D eigenvalue weighted by Gasteiger charge is -2.32. The second-order valence-electron chi connectivity index (χ2n) is 6.52. The molecule has 3 rings (SSSR count). The summed E-state index contributed by atoms with van der Waals surface area (Å²) >= 11 is 0. The van der Waals surface area contributed by atoms with E-state index in [0.29, 0.717) is 18.8 Å². The zero-order valence-electron chi connectivity index (χ0n) is 13.2. The Labute approximate surface area is 130 Å². The van der Waals surface area contributed by atoms with Crippen LogP contribution < -0.4 is 0 Å². The van der Waals surface area contributed by atoms with Crippen LogP contribution >= 0.6 is 0 Å². The first-order chi connectivity index (χ1) is 10.5. The molecule has 1 aromatic heterocycles. The summed E-state index contributed by atoms with van der Waals surface area (Å²) in [6.07, 6.45) is 4.00. The Hall–Kier alpha value is -1.78. The molecule has 2 fully saturated rings. The van der Waals surface area contributed by atoms with Gasteiger partial charge in [-0.25, -0.2) is 0 Å². The van der Waals surface area contributed by atoms with Crippen LogP contribution in [0.1, 0.15) is 55.0 Å². The molecule has 1 amide bonds. The van der Waals surface area contributed by atoms with E-state index in [1.807, 2.05) is 13.0 Å². The van der Waals surface area contributed by atoms with Gasteiger partial charge < -0.3 is 14.4 Å². The first kappa shape index (κ1) is 15.1. The molecule has 2 heterocycles. The quantitative estimate of drug-likeness (QED) is 0.928. The van der Waals surface area contributed by atoms with E-state index in [0.717, 1.165) is 43.4 Å². The summed E-state index contributed by atoms with van der Waals surface area (Å²) in [6.45, 7) is 5.34. The van der Waals surface area contributed by atoms with Gasteiger partial charge in [-0.15, -0.1) is 0 Å². The van der Waals surface area contributed by atoms with Gasteiger partial charge in [0.05, 0.1) is 5.92 Å². The number of piperidine rings is 1. The highest BCUT2D eigenvalue weighted by atomic mass is 16.4. The maximum atomic E-state index is 12.6. The molecule has 0 radical (unpaired) electrons. The van der Waals surface area contributed by atoms with Crippen molar-refractivity contribution in [2.45, 2.75) is 46.0 Å². The number of nitrogens with zero attached hydrogens (tertiary/aromatic N) is 1. The monoisotopic (exact) mass is 305 g/mol. The number of furan rings is 1. The number of aliphatic carboxylic acids is 1. The van der Waals surface area contributed by atoms with Crippen molar-refractivity contribution in [3.8, 4) is 0 Å². The van der Waals surface area contributed by atoms with Crippen molar-refractivity contribution >= 4 is 11.9 Å². The topological polar surface area (TPSA) is 70.8 Å². The van der Waals surface area contributed by atoms with Gasteiger partial charge in [-0.05, 0) is 42.7 Å². The van der Waals surface area contributed by atoms with E-state index < -0.39 is 5.97 Å². The molecule has 1 saturated heterocycles. The predicted octanol–water partition coefficient (Wildman–Crippen LogP) is 2.73. The van der Waals surface area contributed by atoms with Gasteiger partial charge >= 0.3 is 5.97 Å². The Balaban J connectivity index is 1.65. The number of carboxylic acids is 1. The summed E-state index contributed by atoms with van der Waals surface area (Å²) < 4.78 is 5.71. The van der Waals surface area contributed by atoms with Gasteiger partial charge in [-0.2, -0.15) is 0 Å². The molecular weight excluding hydrogens is 282 g/mol. The third-order valence-corrected chi connectivity index (χ3v) is 5.34. The van der Waals surface area contributed by atoms with Crippen LogP contribution in [0.3, 0.4) is 0 Å². The number of likely N-dealkylation sites (tertiary alicyclic amines) is 1. The Morgan fingerprint density at radius 1 is 1.32 bits per heavy atom. The smallest absolute Gasteiger partial charge is 0.307 e. The van der Waals surface area contributed by atoms with E-state index in [1.165, 1.54) is 0 Å². The van der Waals surface area contributed by atoms with E-state index in [9.17, 15) is 9.59 Å². The van der Waals surface area contributed by atoms with Crippen molar-refractivity contribution in [3.63, 3.8) is 0 Å². The molecule has 1 atom stereocenters. The second kappa shape index (κ2) is 5.45. The third-order valence-electron chi connectivity index (χ3n) is 5.34. The fourth-order valence-corrected chi connectivity index (χ4v) is 3.73. The van der Waals surface area contributed by atoms with Crippen LogP contribution in [0.5, 0.6) is 0 Å². The van der Waals surface area contributed by atoms with Gasteiger partial charge in [-0.3, -0.25) is 9.59 Å². The number of carbonyl (C=O) groups excluding carboxylic acids is 1. The molecule has 1 spiro atoms. The molecule has 2 aliphatic rings. The Morgan fingerprint density at radius 2 is 2.00 bits per heavy atom. The molecule has 1 aliphatic heterocycles. The summed E-state index contributed by atoms with van der Waals surface area (Å²) in [5.74, 6) is 0.372. The standard InChI is InChI=1S/C17H23NO4/c1-3-11-9-14(22-13(11)4-2)15(19)18-7-5-17(6-8-18)10-12(17)16(20)21/h9,12H,3-8,10H2,1-2H3,(H,20,21). The summed E-state index contributed by atoms with van der Waals surface area (Å²) in [7, 11) is 0. The lowest BCUT2D eigenvalue weighted by molar-refractivity contribution is -0.139. The van der Waals surface area contributed by atoms with Crippen molar-refractivity contribution in [1.29, 1.82) is 0 Å². The minimum absolute atomic E-state index is 0.0467. The van der Waals surface area contributed by atoms with Crippen molar-refractivity contribution in [3.05, 3.63) is 23.2 Å². The average molecular weight is 305 g/mol. The van der Waals surface area contributed by atoms with Crippen molar-refractivity contribution in [2.75, 3.05) is 13.1 Å². The highest BCUT2D eigenvalue weighted by Gasteiger charge is 2.59. The highest BCUT2D eigenvalue weighted by molar-refractivity contribution is 5.92. The minimum Gasteiger partial charge on any atom is -0.481 e. The van der Waals surface area contributed by atoms with E-state index in [2.05, 4.69) is 6.92 Å². The number of carbonyl (C=O) groups is 2. The fraction of sp³-hybridized carbons (Fsp3) is 0.647. The lowest BCUT2D eigenvalue weighted by Crippen LogP contribution is -2.39. The van der Waals surface area contributed by atoms with Crippen LogP contribution in [-0.4, -0.2) is 35.0 Å². The highest BCUT2D eigenvalue weighted by Crippen LogP contribution is 2.59. The number of hydrogen-bond acceptors (Lipinski definition) is 3. The van der Waals surface area contributed by atoms with Crippen molar-refractivity contribution in [1.82, 2.24) is 4.90 Å². The summed E-state index contributed by atoms with van der Waals surface area (Å²) in [4.78, 5) is 25.4. The van der Waals surface area contributed by atoms with Gasteiger partial charge in [0.15, 0.2) is 5.76 Å². The van der Waals surface area contributed by atoms with Gasteiger partial charge in [0.1, 0.15) is 5.76 Å². The zero-order chi connectivity index (χ0) is 15.9. The van der Waals surface area contributed by atoms with Crippen molar-refractivity contribution in [2.24, 2.45) is 11.3 Å². The minimum atomic E-state index is -0.689. The average Bonchev–Trinajstić information content (AvgIpc) is 3.06. The van der Waals surface area contributed by atoms with Crippen LogP contribution in [0.4, 0.5) is 0 Å². The molecule has 22 heavy (non-hydrogen) atoms. The molecule has 5 nitrogen and oxygen atoms in total. The van der Waals surface area contributed by atoms with Gasteiger partial charge in [0.2, 0.25) is 0 Å². The number of aryl methyl sites for hydroxylation is 2. The first-order valence-corrected chi connectivity index (χ1v) is 8.14. The molecule has 1 unspecified atom stereocenters. The molecule has 120 valence electrons. The molecule has 0 bridgehead atoms. The van der Waals surface area contributed by atoms with Crippen LogP contribution in [-0.2, 0) is 17.6 Å². The van der Waals surface area contributed by atoms with Crippen molar-refractivity contribution < 1.29 is 19.1 Å². The lowest BCUT2D eigenvalue weighted by atomic mass is 9.90. The fourth-order valence-electron chi connectivity index (χ4n) is 3.73. The largest absolute Gasteiger partial charge is 0.481 e. The van der Waals surface area contributed by atoms with Gasteiger partial charge in [0, 0.05) is 19.5 Å². The Bertz CT molecular complexity index is 574.